The number of carbonyl (C=O) groups is 5. The third-order valence-corrected chi connectivity index (χ3v) is 8.26. The standard InChI is InChI=1S/C29H29NO9/c1-13-9-19(31)24-18(27(13)35)12-17-15(25(24)26-20(32)10-14(38-2)11-21(26)39-3)6-7-16-23(17)29(37)30(28(16)36)8-4-5-22(33)34/h6,9-11,16-17,23,25,32H,4-5,7-8,12H2,1-3H3,(H,33,34). The summed E-state index contributed by atoms with van der Waals surface area (Å²) in [6, 6.07) is 2.98. The lowest BCUT2D eigenvalue weighted by Gasteiger charge is -2.42. The molecule has 10 nitrogen and oxygen atoms in total. The van der Waals surface area contributed by atoms with Crippen molar-refractivity contribution in [2.75, 3.05) is 20.8 Å². The molecule has 1 fully saturated rings. The summed E-state index contributed by atoms with van der Waals surface area (Å²) in [6.45, 7) is 1.57. The van der Waals surface area contributed by atoms with E-state index in [1.54, 1.807) is 13.0 Å². The number of likely N-dealkylation sites (tertiary alicyclic amines) is 1. The molecule has 5 rings (SSSR count). The zero-order valence-electron chi connectivity index (χ0n) is 21.9. The van der Waals surface area contributed by atoms with E-state index in [9.17, 15) is 29.1 Å². The van der Waals surface area contributed by atoms with Crippen LogP contribution in [0.2, 0.25) is 0 Å². The number of methoxy groups -OCH3 is 2. The molecule has 204 valence electrons. The van der Waals surface area contributed by atoms with Gasteiger partial charge in [0.25, 0.3) is 0 Å². The average molecular weight is 536 g/mol. The van der Waals surface area contributed by atoms with Gasteiger partial charge < -0.3 is 19.7 Å². The third-order valence-electron chi connectivity index (χ3n) is 8.26. The Hall–Kier alpha value is -4.21. The molecule has 4 atom stereocenters. The zero-order valence-corrected chi connectivity index (χ0v) is 21.9. The lowest BCUT2D eigenvalue weighted by Crippen LogP contribution is -2.40. The second-order valence-electron chi connectivity index (χ2n) is 10.3. The number of ketones is 2. The number of carboxylic acids is 1. The number of amides is 2. The molecule has 4 aliphatic rings. The summed E-state index contributed by atoms with van der Waals surface area (Å²) in [5.74, 6) is -4.87. The molecular formula is C29H29NO9. The largest absolute Gasteiger partial charge is 0.507 e. The van der Waals surface area contributed by atoms with Crippen molar-refractivity contribution in [2.24, 2.45) is 17.8 Å². The molecule has 10 heteroatoms. The molecular weight excluding hydrogens is 506 g/mol. The molecule has 1 aliphatic heterocycles. The number of phenols is 1. The average Bonchev–Trinajstić information content (AvgIpc) is 3.15. The summed E-state index contributed by atoms with van der Waals surface area (Å²) >= 11 is 0. The first kappa shape index (κ1) is 26.4. The summed E-state index contributed by atoms with van der Waals surface area (Å²) in [5, 5.41) is 20.1. The van der Waals surface area contributed by atoms with Gasteiger partial charge in [0.1, 0.15) is 17.2 Å². The number of benzene rings is 1. The second kappa shape index (κ2) is 9.83. The monoisotopic (exact) mass is 535 g/mol. The summed E-state index contributed by atoms with van der Waals surface area (Å²) in [6.07, 6.45) is 3.46. The SMILES string of the molecule is COc1cc(O)c(C2C3=CCC4C(=O)N(CCCC(=O)O)C(=O)C4C3CC3=C2C(=O)C=C(C)C3=O)c(OC)c1. The smallest absolute Gasteiger partial charge is 0.303 e. The van der Waals surface area contributed by atoms with Gasteiger partial charge in [-0.15, -0.1) is 0 Å². The number of rotatable bonds is 7. The molecule has 1 aromatic carbocycles. The fourth-order valence-electron chi connectivity index (χ4n) is 6.55. The maximum absolute atomic E-state index is 13.6. The van der Waals surface area contributed by atoms with Crippen LogP contribution >= 0.6 is 0 Å². The van der Waals surface area contributed by atoms with Gasteiger partial charge in [-0.1, -0.05) is 11.6 Å². The van der Waals surface area contributed by atoms with Crippen LogP contribution in [0.3, 0.4) is 0 Å². The van der Waals surface area contributed by atoms with Crippen LogP contribution in [0.25, 0.3) is 0 Å². The van der Waals surface area contributed by atoms with E-state index in [0.29, 0.717) is 11.3 Å². The Balaban J connectivity index is 1.64. The molecule has 2 N–H and O–H groups in total. The van der Waals surface area contributed by atoms with Gasteiger partial charge in [0.05, 0.1) is 26.1 Å². The minimum Gasteiger partial charge on any atom is -0.507 e. The van der Waals surface area contributed by atoms with E-state index in [1.165, 1.54) is 26.4 Å². The quantitative estimate of drug-likeness (QED) is 0.305. The van der Waals surface area contributed by atoms with Gasteiger partial charge in [-0.3, -0.25) is 28.9 Å². The van der Waals surface area contributed by atoms with Gasteiger partial charge >= 0.3 is 5.97 Å². The van der Waals surface area contributed by atoms with Crippen LogP contribution in [0, 0.1) is 17.8 Å². The summed E-state index contributed by atoms with van der Waals surface area (Å²) < 4.78 is 10.9. The Morgan fingerprint density at radius 3 is 2.49 bits per heavy atom. The lowest BCUT2D eigenvalue weighted by molar-refractivity contribution is -0.142. The van der Waals surface area contributed by atoms with Gasteiger partial charge in [0, 0.05) is 53.3 Å². The first-order valence-corrected chi connectivity index (χ1v) is 12.8. The number of aliphatic carboxylic acids is 1. The topological polar surface area (TPSA) is 148 Å². The molecule has 4 unspecified atom stereocenters. The Bertz CT molecular complexity index is 1420. The van der Waals surface area contributed by atoms with Gasteiger partial charge in [0.2, 0.25) is 11.8 Å². The van der Waals surface area contributed by atoms with E-state index in [2.05, 4.69) is 0 Å². The molecule has 0 spiro atoms. The number of allylic oxidation sites excluding steroid dienone is 6. The van der Waals surface area contributed by atoms with Crippen LogP contribution in [-0.2, 0) is 24.0 Å². The van der Waals surface area contributed by atoms with Crippen LogP contribution in [0.4, 0.5) is 0 Å². The van der Waals surface area contributed by atoms with Crippen molar-refractivity contribution >= 4 is 29.4 Å². The van der Waals surface area contributed by atoms with E-state index in [-0.39, 0.29) is 83.5 Å². The number of aromatic hydroxyl groups is 1. The summed E-state index contributed by atoms with van der Waals surface area (Å²) in [5.41, 5.74) is 1.75. The molecule has 1 aromatic rings. The van der Waals surface area contributed by atoms with Crippen molar-refractivity contribution in [3.05, 3.63) is 52.1 Å². The van der Waals surface area contributed by atoms with E-state index < -0.39 is 35.5 Å². The molecule has 39 heavy (non-hydrogen) atoms. The highest BCUT2D eigenvalue weighted by molar-refractivity contribution is 6.23. The molecule has 1 saturated heterocycles. The first-order chi connectivity index (χ1) is 18.6. The van der Waals surface area contributed by atoms with Crippen LogP contribution in [0.5, 0.6) is 17.2 Å². The summed E-state index contributed by atoms with van der Waals surface area (Å²) in [4.78, 5) is 65.8. The number of hydrogen-bond donors (Lipinski definition) is 2. The van der Waals surface area contributed by atoms with E-state index in [0.717, 1.165) is 4.90 Å². The number of fused-ring (bicyclic) bond motifs is 3. The van der Waals surface area contributed by atoms with Crippen LogP contribution in [0.1, 0.15) is 44.1 Å². The number of Topliss-reactive ketones (excluding diaryl/α,β-unsaturated/α-hetero) is 1. The maximum atomic E-state index is 13.6. The molecule has 0 saturated carbocycles. The first-order valence-electron chi connectivity index (χ1n) is 12.8. The van der Waals surface area contributed by atoms with Crippen LogP contribution in [0.15, 0.2) is 46.6 Å². The molecule has 0 bridgehead atoms. The lowest BCUT2D eigenvalue weighted by atomic mass is 9.59. The second-order valence-corrected chi connectivity index (χ2v) is 10.3. The molecule has 0 radical (unpaired) electrons. The number of imide groups is 1. The van der Waals surface area contributed by atoms with Gasteiger partial charge in [-0.25, -0.2) is 0 Å². The third kappa shape index (κ3) is 4.14. The maximum Gasteiger partial charge on any atom is 0.303 e. The van der Waals surface area contributed by atoms with Gasteiger partial charge in [0.15, 0.2) is 11.6 Å². The number of ether oxygens (including phenoxy) is 2. The molecule has 0 aromatic heterocycles. The van der Waals surface area contributed by atoms with E-state index in [4.69, 9.17) is 14.6 Å². The Morgan fingerprint density at radius 2 is 1.82 bits per heavy atom. The summed E-state index contributed by atoms with van der Waals surface area (Å²) in [7, 11) is 2.86. The van der Waals surface area contributed by atoms with Gasteiger partial charge in [-0.05, 0) is 38.2 Å². The van der Waals surface area contributed by atoms with Crippen molar-refractivity contribution in [3.63, 3.8) is 0 Å². The number of phenolic OH excluding ortho intramolecular Hbond substituents is 1. The number of nitrogens with zero attached hydrogens (tertiary/aromatic N) is 1. The van der Waals surface area contributed by atoms with Crippen molar-refractivity contribution in [1.29, 1.82) is 0 Å². The molecule has 2 amide bonds. The van der Waals surface area contributed by atoms with E-state index in [1.807, 2.05) is 6.08 Å². The highest BCUT2D eigenvalue weighted by Gasteiger charge is 2.56. The fourth-order valence-corrected chi connectivity index (χ4v) is 6.55. The highest BCUT2D eigenvalue weighted by Crippen LogP contribution is 2.57. The normalized spacial score (nSPS) is 26.1. The van der Waals surface area contributed by atoms with Crippen molar-refractivity contribution < 1.29 is 43.7 Å². The Labute approximate surface area is 224 Å². The minimum absolute atomic E-state index is 0.00273. The molecule has 3 aliphatic carbocycles. The van der Waals surface area contributed by atoms with E-state index >= 15 is 0 Å². The number of carbonyl (C=O) groups excluding carboxylic acids is 4. The van der Waals surface area contributed by atoms with Crippen molar-refractivity contribution in [2.45, 2.75) is 38.5 Å². The predicted octanol–water partition coefficient (Wildman–Crippen LogP) is 2.70. The highest BCUT2D eigenvalue weighted by atomic mass is 16.5. The Morgan fingerprint density at radius 1 is 1.08 bits per heavy atom. The number of carboxylic acid groups (broad SMARTS) is 1. The van der Waals surface area contributed by atoms with Gasteiger partial charge in [-0.2, -0.15) is 0 Å². The molecule has 1 heterocycles. The predicted molar refractivity (Wildman–Crippen MR) is 136 cm³/mol. The number of hydrogen-bond acceptors (Lipinski definition) is 8. The van der Waals surface area contributed by atoms with Crippen LogP contribution < -0.4 is 9.47 Å². The minimum atomic E-state index is -1.01. The zero-order chi connectivity index (χ0) is 28.2. The van der Waals surface area contributed by atoms with Crippen molar-refractivity contribution in [1.82, 2.24) is 4.90 Å². The van der Waals surface area contributed by atoms with Crippen molar-refractivity contribution in [3.8, 4) is 17.2 Å². The van der Waals surface area contributed by atoms with Crippen LogP contribution in [-0.4, -0.2) is 65.2 Å². The fraction of sp³-hybridized carbons (Fsp3) is 0.414. The Kier molecular flexibility index (Phi) is 6.65.